The van der Waals surface area contributed by atoms with Gasteiger partial charge in [0.2, 0.25) is 0 Å². The highest BCUT2D eigenvalue weighted by molar-refractivity contribution is 9.25. The third-order valence-electron chi connectivity index (χ3n) is 2.47. The number of hydrogen-bond donors (Lipinski definition) is 0. The highest BCUT2D eigenvalue weighted by Gasteiger charge is 2.28. The molecule has 0 nitrogen and oxygen atoms in total. The summed E-state index contributed by atoms with van der Waals surface area (Å²) in [5.74, 6) is 1.59. The first-order chi connectivity index (χ1) is 5.61. The van der Waals surface area contributed by atoms with Crippen LogP contribution in [-0.4, -0.2) is 7.47 Å². The van der Waals surface area contributed by atoms with E-state index in [1.807, 2.05) is 0 Å². The number of hydrogen-bond acceptors (Lipinski definition) is 0. The Hall–Kier alpha value is 1.92. The average Bonchev–Trinajstić information content (AvgIpc) is 2.04. The maximum Gasteiger partial charge on any atom is 0.0726 e. The standard InChI is InChI=1S/C8H12Br4/c9-7(10)5-2-1-3-6(4-5)8(11)12/h5-8H,1-4H2. The second kappa shape index (κ2) is 5.72. The van der Waals surface area contributed by atoms with Gasteiger partial charge in [-0.25, -0.2) is 0 Å². The molecule has 0 saturated heterocycles. The number of rotatable bonds is 2. The van der Waals surface area contributed by atoms with Crippen LogP contribution in [0.1, 0.15) is 25.7 Å². The van der Waals surface area contributed by atoms with Gasteiger partial charge in [0, 0.05) is 0 Å². The molecule has 0 amide bonds. The summed E-state index contributed by atoms with van der Waals surface area (Å²) in [5.41, 5.74) is 0. The van der Waals surface area contributed by atoms with Crippen molar-refractivity contribution in [2.45, 2.75) is 33.2 Å². The van der Waals surface area contributed by atoms with Gasteiger partial charge in [-0.3, -0.25) is 0 Å². The Kier molecular flexibility index (Phi) is 5.71. The largest absolute Gasteiger partial charge is 0.0762 e. The van der Waals surface area contributed by atoms with Crippen molar-refractivity contribution in [3.05, 3.63) is 0 Å². The highest BCUT2D eigenvalue weighted by Crippen LogP contribution is 2.40. The summed E-state index contributed by atoms with van der Waals surface area (Å²) >= 11 is 14.4. The Bertz CT molecular complexity index is 121. The molecule has 0 radical (unpaired) electrons. The van der Waals surface area contributed by atoms with Gasteiger partial charge in [0.05, 0.1) is 7.47 Å². The molecule has 72 valence electrons. The van der Waals surface area contributed by atoms with Gasteiger partial charge < -0.3 is 0 Å². The molecule has 2 unspecified atom stereocenters. The minimum atomic E-state index is 0.492. The van der Waals surface area contributed by atoms with Crippen LogP contribution in [0.25, 0.3) is 0 Å². The fourth-order valence-corrected chi connectivity index (χ4v) is 3.65. The first-order valence-electron chi connectivity index (χ1n) is 4.17. The molecule has 12 heavy (non-hydrogen) atoms. The molecule has 0 aliphatic heterocycles. The van der Waals surface area contributed by atoms with E-state index in [-0.39, 0.29) is 0 Å². The number of alkyl halides is 4. The molecule has 1 rings (SSSR count). The Morgan fingerprint density at radius 2 is 1.25 bits per heavy atom. The molecule has 4 heteroatoms. The summed E-state index contributed by atoms with van der Waals surface area (Å²) in [7, 11) is 0. The van der Waals surface area contributed by atoms with E-state index in [0.717, 1.165) is 11.8 Å². The smallest absolute Gasteiger partial charge is 0.0726 e. The van der Waals surface area contributed by atoms with E-state index in [2.05, 4.69) is 63.7 Å². The molecular weight excluding hydrogens is 416 g/mol. The molecule has 1 fully saturated rings. The van der Waals surface area contributed by atoms with Crippen LogP contribution in [0.5, 0.6) is 0 Å². The number of halogens is 4. The lowest BCUT2D eigenvalue weighted by Gasteiger charge is -2.31. The van der Waals surface area contributed by atoms with Crippen LogP contribution in [0.15, 0.2) is 0 Å². The van der Waals surface area contributed by atoms with Crippen molar-refractivity contribution in [2.24, 2.45) is 11.8 Å². The fraction of sp³-hybridized carbons (Fsp3) is 1.00. The van der Waals surface area contributed by atoms with Crippen molar-refractivity contribution in [1.29, 1.82) is 0 Å². The van der Waals surface area contributed by atoms with E-state index in [4.69, 9.17) is 0 Å². The molecule has 0 spiro atoms. The molecule has 1 aliphatic rings. The minimum absolute atomic E-state index is 0.492. The van der Waals surface area contributed by atoms with Crippen LogP contribution in [0.2, 0.25) is 0 Å². The van der Waals surface area contributed by atoms with Gasteiger partial charge in [-0.1, -0.05) is 70.1 Å². The van der Waals surface area contributed by atoms with Crippen molar-refractivity contribution in [3.63, 3.8) is 0 Å². The molecule has 2 atom stereocenters. The van der Waals surface area contributed by atoms with E-state index in [1.54, 1.807) is 0 Å². The Labute approximate surface area is 108 Å². The van der Waals surface area contributed by atoms with Crippen molar-refractivity contribution < 1.29 is 0 Å². The normalized spacial score (nSPS) is 31.5. The van der Waals surface area contributed by atoms with Crippen molar-refractivity contribution in [3.8, 4) is 0 Å². The predicted octanol–water partition coefficient (Wildman–Crippen LogP) is 5.02. The van der Waals surface area contributed by atoms with Gasteiger partial charge in [-0.05, 0) is 31.1 Å². The third-order valence-corrected chi connectivity index (χ3v) is 5.46. The molecule has 0 N–H and O–H groups in total. The average molecular weight is 428 g/mol. The zero-order valence-electron chi connectivity index (χ0n) is 6.65. The van der Waals surface area contributed by atoms with Crippen molar-refractivity contribution in [1.82, 2.24) is 0 Å². The van der Waals surface area contributed by atoms with Crippen LogP contribution in [0, 0.1) is 11.8 Å². The first-order valence-corrected chi connectivity index (χ1v) is 7.84. The summed E-state index contributed by atoms with van der Waals surface area (Å²) in [6, 6.07) is 0. The van der Waals surface area contributed by atoms with E-state index < -0.39 is 0 Å². The van der Waals surface area contributed by atoms with Crippen LogP contribution in [-0.2, 0) is 0 Å². The topological polar surface area (TPSA) is 0 Å². The summed E-state index contributed by atoms with van der Waals surface area (Å²) in [4.78, 5) is 0. The third kappa shape index (κ3) is 3.58. The van der Waals surface area contributed by atoms with Crippen LogP contribution < -0.4 is 0 Å². The Morgan fingerprint density at radius 3 is 1.58 bits per heavy atom. The van der Waals surface area contributed by atoms with Crippen molar-refractivity contribution in [2.75, 3.05) is 0 Å². The molecule has 1 saturated carbocycles. The SMILES string of the molecule is BrC(Br)C1CCCC(C(Br)Br)C1. The maximum absolute atomic E-state index is 3.60. The molecule has 0 bridgehead atoms. The molecule has 1 aliphatic carbocycles. The van der Waals surface area contributed by atoms with Gasteiger partial charge in [0.25, 0.3) is 0 Å². The molecule has 0 heterocycles. The second-order valence-corrected chi connectivity index (χ2v) is 9.76. The Morgan fingerprint density at radius 1 is 0.833 bits per heavy atom. The van der Waals surface area contributed by atoms with Crippen LogP contribution >= 0.6 is 63.7 Å². The molecule has 0 aromatic rings. The molecule has 0 aromatic heterocycles. The van der Waals surface area contributed by atoms with Crippen LogP contribution in [0.3, 0.4) is 0 Å². The summed E-state index contributed by atoms with van der Waals surface area (Å²) in [6.45, 7) is 0. The molecular formula is C8H12Br4. The summed E-state index contributed by atoms with van der Waals surface area (Å²) in [6.07, 6.45) is 5.37. The van der Waals surface area contributed by atoms with Gasteiger partial charge in [-0.15, -0.1) is 0 Å². The second-order valence-electron chi connectivity index (χ2n) is 3.36. The van der Waals surface area contributed by atoms with Crippen molar-refractivity contribution >= 4 is 63.7 Å². The van der Waals surface area contributed by atoms with Gasteiger partial charge >= 0.3 is 0 Å². The van der Waals surface area contributed by atoms with Gasteiger partial charge in [0.15, 0.2) is 0 Å². The summed E-state index contributed by atoms with van der Waals surface area (Å²) in [5, 5.41) is 0. The summed E-state index contributed by atoms with van der Waals surface area (Å²) < 4.78 is 0.984. The fourth-order valence-electron chi connectivity index (χ4n) is 1.72. The predicted molar refractivity (Wildman–Crippen MR) is 68.7 cm³/mol. The lowest BCUT2D eigenvalue weighted by atomic mass is 9.83. The van der Waals surface area contributed by atoms with Gasteiger partial charge in [0.1, 0.15) is 0 Å². The first kappa shape index (κ1) is 12.0. The minimum Gasteiger partial charge on any atom is -0.0762 e. The lowest BCUT2D eigenvalue weighted by Crippen LogP contribution is -2.23. The maximum atomic E-state index is 3.60. The van der Waals surface area contributed by atoms with E-state index >= 15 is 0 Å². The Balaban J connectivity index is 2.40. The zero-order chi connectivity index (χ0) is 9.14. The van der Waals surface area contributed by atoms with E-state index in [1.165, 1.54) is 25.7 Å². The van der Waals surface area contributed by atoms with E-state index in [0.29, 0.717) is 7.47 Å². The van der Waals surface area contributed by atoms with E-state index in [9.17, 15) is 0 Å². The quantitative estimate of drug-likeness (QED) is 0.543. The van der Waals surface area contributed by atoms with Crippen LogP contribution in [0.4, 0.5) is 0 Å². The molecule has 0 aromatic carbocycles. The zero-order valence-corrected chi connectivity index (χ0v) is 13.0. The van der Waals surface area contributed by atoms with Gasteiger partial charge in [-0.2, -0.15) is 0 Å². The highest BCUT2D eigenvalue weighted by atomic mass is 79.9. The monoisotopic (exact) mass is 424 g/mol. The lowest BCUT2D eigenvalue weighted by molar-refractivity contribution is 0.301.